The Morgan fingerprint density at radius 2 is 2.24 bits per heavy atom. The van der Waals surface area contributed by atoms with E-state index in [0.717, 1.165) is 37.0 Å². The molecule has 140 valence electrons. The fraction of sp³-hybridized carbons (Fsp3) is 0.667. The number of aromatic nitrogens is 1. The van der Waals surface area contributed by atoms with E-state index in [4.69, 9.17) is 9.47 Å². The molecule has 1 aliphatic rings. The second-order valence-corrected chi connectivity index (χ2v) is 6.90. The molecular weight excluding hydrogens is 318 g/mol. The number of methoxy groups -OCH3 is 1. The lowest BCUT2D eigenvalue weighted by Crippen LogP contribution is -2.45. The Bertz CT molecular complexity index is 559. The van der Waals surface area contributed by atoms with Crippen molar-refractivity contribution in [2.45, 2.75) is 39.0 Å². The molecule has 25 heavy (non-hydrogen) atoms. The number of morpholine rings is 1. The molecule has 1 aromatic heterocycles. The van der Waals surface area contributed by atoms with Crippen LogP contribution in [0.15, 0.2) is 23.3 Å². The Balaban J connectivity index is 1.84. The molecule has 7 nitrogen and oxygen atoms in total. The van der Waals surface area contributed by atoms with Crippen LogP contribution in [-0.2, 0) is 16.0 Å². The molecule has 0 aliphatic carbocycles. The van der Waals surface area contributed by atoms with Crippen molar-refractivity contribution < 1.29 is 9.47 Å². The molecule has 0 saturated carbocycles. The van der Waals surface area contributed by atoms with E-state index < -0.39 is 0 Å². The summed E-state index contributed by atoms with van der Waals surface area (Å²) in [5.74, 6) is 1.75. The third-order valence-electron chi connectivity index (χ3n) is 4.29. The molecule has 2 heterocycles. The quantitative estimate of drug-likeness (QED) is 0.597. The molecule has 0 amide bonds. The zero-order chi connectivity index (χ0) is 18.3. The van der Waals surface area contributed by atoms with Gasteiger partial charge in [-0.05, 0) is 32.4 Å². The van der Waals surface area contributed by atoms with Gasteiger partial charge in [0, 0.05) is 46.5 Å². The summed E-state index contributed by atoms with van der Waals surface area (Å²) in [7, 11) is 3.47. The van der Waals surface area contributed by atoms with E-state index in [9.17, 15) is 0 Å². The van der Waals surface area contributed by atoms with E-state index >= 15 is 0 Å². The molecule has 0 spiro atoms. The molecule has 2 rings (SSSR count). The number of anilines is 1. The van der Waals surface area contributed by atoms with E-state index in [-0.39, 0.29) is 11.7 Å². The minimum Gasteiger partial charge on any atom is -0.377 e. The number of guanidine groups is 1. The molecule has 1 aromatic rings. The number of nitrogens with zero attached hydrogens (tertiary/aromatic N) is 3. The highest BCUT2D eigenvalue weighted by molar-refractivity contribution is 5.79. The van der Waals surface area contributed by atoms with Crippen molar-refractivity contribution in [3.63, 3.8) is 0 Å². The Kier molecular flexibility index (Phi) is 7.01. The maximum absolute atomic E-state index is 5.58. The van der Waals surface area contributed by atoms with Gasteiger partial charge in [0.05, 0.1) is 18.3 Å². The summed E-state index contributed by atoms with van der Waals surface area (Å²) in [5, 5.41) is 6.57. The zero-order valence-corrected chi connectivity index (χ0v) is 16.0. The van der Waals surface area contributed by atoms with Crippen LogP contribution in [0.3, 0.4) is 0 Å². The molecule has 1 unspecified atom stereocenters. The molecule has 1 fully saturated rings. The fourth-order valence-electron chi connectivity index (χ4n) is 2.51. The van der Waals surface area contributed by atoms with Crippen LogP contribution in [-0.4, -0.2) is 63.0 Å². The van der Waals surface area contributed by atoms with Gasteiger partial charge in [-0.2, -0.15) is 0 Å². The summed E-state index contributed by atoms with van der Waals surface area (Å²) in [6, 6.07) is 4.17. The maximum atomic E-state index is 5.58. The van der Waals surface area contributed by atoms with Gasteiger partial charge in [0.25, 0.3) is 0 Å². The highest BCUT2D eigenvalue weighted by Gasteiger charge is 2.18. The summed E-state index contributed by atoms with van der Waals surface area (Å²) in [4.78, 5) is 11.1. The van der Waals surface area contributed by atoms with Gasteiger partial charge in [0.2, 0.25) is 0 Å². The topological polar surface area (TPSA) is 71.0 Å². The van der Waals surface area contributed by atoms with Gasteiger partial charge in [-0.1, -0.05) is 6.07 Å². The average Bonchev–Trinajstić information content (AvgIpc) is 2.62. The lowest BCUT2D eigenvalue weighted by Gasteiger charge is -2.32. The Labute approximate surface area is 150 Å². The van der Waals surface area contributed by atoms with Crippen molar-refractivity contribution in [2.75, 3.05) is 45.3 Å². The number of hydrogen-bond acceptors (Lipinski definition) is 5. The Morgan fingerprint density at radius 1 is 1.44 bits per heavy atom. The van der Waals surface area contributed by atoms with Gasteiger partial charge in [-0.3, -0.25) is 4.99 Å². The zero-order valence-electron chi connectivity index (χ0n) is 16.0. The Morgan fingerprint density at radius 3 is 2.84 bits per heavy atom. The molecule has 7 heteroatoms. The molecule has 0 radical (unpaired) electrons. The van der Waals surface area contributed by atoms with E-state index in [1.165, 1.54) is 0 Å². The smallest absolute Gasteiger partial charge is 0.191 e. The van der Waals surface area contributed by atoms with Crippen LogP contribution >= 0.6 is 0 Å². The predicted octanol–water partition coefficient (Wildman–Crippen LogP) is 1.40. The summed E-state index contributed by atoms with van der Waals surface area (Å²) in [6.07, 6.45) is 2.16. The summed E-state index contributed by atoms with van der Waals surface area (Å²) in [5.41, 5.74) is 0.870. The van der Waals surface area contributed by atoms with E-state index in [1.807, 2.05) is 20.0 Å². The first kappa shape index (κ1) is 19.5. The number of hydrogen-bond donors (Lipinski definition) is 2. The largest absolute Gasteiger partial charge is 0.377 e. The van der Waals surface area contributed by atoms with Crippen molar-refractivity contribution in [2.24, 2.45) is 4.99 Å². The average molecular weight is 349 g/mol. The van der Waals surface area contributed by atoms with Crippen molar-refractivity contribution in [1.82, 2.24) is 15.6 Å². The standard InChI is InChI=1S/C18H31N5O2/c1-14-12-23(8-9-25-14)16-7-6-15(10-20-16)11-21-17(19-4)22-13-18(2,3)24-5/h6-7,10,14H,8-9,11-13H2,1-5H3,(H2,19,21,22). The van der Waals surface area contributed by atoms with Crippen LogP contribution in [0.1, 0.15) is 26.3 Å². The lowest BCUT2D eigenvalue weighted by atomic mass is 10.1. The van der Waals surface area contributed by atoms with Crippen LogP contribution in [0.25, 0.3) is 0 Å². The van der Waals surface area contributed by atoms with Gasteiger partial charge in [0.1, 0.15) is 5.82 Å². The molecule has 0 bridgehead atoms. The van der Waals surface area contributed by atoms with Crippen molar-refractivity contribution in [1.29, 1.82) is 0 Å². The highest BCUT2D eigenvalue weighted by Crippen LogP contribution is 2.15. The fourth-order valence-corrected chi connectivity index (χ4v) is 2.51. The van der Waals surface area contributed by atoms with Crippen LogP contribution in [0.2, 0.25) is 0 Å². The molecular formula is C18H31N5O2. The van der Waals surface area contributed by atoms with Crippen LogP contribution in [0.4, 0.5) is 5.82 Å². The second kappa shape index (κ2) is 9.01. The minimum absolute atomic E-state index is 0.240. The summed E-state index contributed by atoms with van der Waals surface area (Å²) < 4.78 is 11.0. The summed E-state index contributed by atoms with van der Waals surface area (Å²) >= 11 is 0. The minimum atomic E-state index is -0.240. The Hall–Kier alpha value is -1.86. The molecule has 1 saturated heterocycles. The van der Waals surface area contributed by atoms with Gasteiger partial charge in [0.15, 0.2) is 5.96 Å². The molecule has 2 N–H and O–H groups in total. The predicted molar refractivity (Wildman–Crippen MR) is 101 cm³/mol. The van der Waals surface area contributed by atoms with Crippen LogP contribution < -0.4 is 15.5 Å². The number of aliphatic imine (C=N–C) groups is 1. The van der Waals surface area contributed by atoms with E-state index in [0.29, 0.717) is 13.1 Å². The normalized spacial score (nSPS) is 19.0. The maximum Gasteiger partial charge on any atom is 0.191 e. The number of nitrogens with one attached hydrogen (secondary N) is 2. The molecule has 0 aromatic carbocycles. The van der Waals surface area contributed by atoms with E-state index in [1.54, 1.807) is 14.2 Å². The third-order valence-corrected chi connectivity index (χ3v) is 4.29. The number of rotatable bonds is 6. The van der Waals surface area contributed by atoms with Crippen molar-refractivity contribution >= 4 is 11.8 Å². The number of ether oxygens (including phenoxy) is 2. The first-order valence-corrected chi connectivity index (χ1v) is 8.74. The van der Waals surface area contributed by atoms with Crippen LogP contribution in [0.5, 0.6) is 0 Å². The highest BCUT2D eigenvalue weighted by atomic mass is 16.5. The first-order chi connectivity index (χ1) is 11.9. The lowest BCUT2D eigenvalue weighted by molar-refractivity contribution is 0.0268. The molecule has 1 atom stereocenters. The first-order valence-electron chi connectivity index (χ1n) is 8.74. The van der Waals surface area contributed by atoms with Crippen molar-refractivity contribution in [3.05, 3.63) is 23.9 Å². The molecule has 1 aliphatic heterocycles. The van der Waals surface area contributed by atoms with Crippen LogP contribution in [0, 0.1) is 0 Å². The third kappa shape index (κ3) is 6.17. The van der Waals surface area contributed by atoms with Crippen molar-refractivity contribution in [3.8, 4) is 0 Å². The monoisotopic (exact) mass is 349 g/mol. The van der Waals surface area contributed by atoms with Gasteiger partial charge >= 0.3 is 0 Å². The van der Waals surface area contributed by atoms with Gasteiger partial charge in [-0.25, -0.2) is 4.98 Å². The SMILES string of the molecule is CN=C(NCc1ccc(N2CCOC(C)C2)nc1)NCC(C)(C)OC. The van der Waals surface area contributed by atoms with E-state index in [2.05, 4.69) is 44.6 Å². The van der Waals surface area contributed by atoms with Gasteiger partial charge < -0.3 is 25.0 Å². The van der Waals surface area contributed by atoms with Gasteiger partial charge in [-0.15, -0.1) is 0 Å². The number of pyridine rings is 1. The second-order valence-electron chi connectivity index (χ2n) is 6.90. The summed E-state index contributed by atoms with van der Waals surface area (Å²) in [6.45, 7) is 10.0.